The summed E-state index contributed by atoms with van der Waals surface area (Å²) in [5.41, 5.74) is -2.68. The Kier molecular flexibility index (Phi) is 7.30. The molecule has 1 aliphatic heterocycles. The van der Waals surface area contributed by atoms with Gasteiger partial charge in [-0.15, -0.1) is 0 Å². The van der Waals surface area contributed by atoms with Gasteiger partial charge in [0.1, 0.15) is 23.8 Å². The van der Waals surface area contributed by atoms with E-state index in [9.17, 15) is 32.7 Å². The van der Waals surface area contributed by atoms with Crippen LogP contribution >= 0.6 is 0 Å². The lowest BCUT2D eigenvalue weighted by molar-refractivity contribution is -0.272. The number of hydrogen-bond donors (Lipinski definition) is 3. The second-order valence-electron chi connectivity index (χ2n) is 8.56. The Hall–Kier alpha value is -2.96. The van der Waals surface area contributed by atoms with Crippen LogP contribution in [0.2, 0.25) is 0 Å². The molecule has 3 N–H and O–H groups in total. The van der Waals surface area contributed by atoms with Crippen LogP contribution in [-0.2, 0) is 9.53 Å². The third kappa shape index (κ3) is 4.65. The molecule has 1 saturated heterocycles. The minimum Gasteiger partial charge on any atom is -0.496 e. The van der Waals surface area contributed by atoms with Gasteiger partial charge in [0.15, 0.2) is 5.60 Å². The molecule has 5 atom stereocenters. The van der Waals surface area contributed by atoms with Crippen LogP contribution in [0.25, 0.3) is 0 Å². The summed E-state index contributed by atoms with van der Waals surface area (Å²) in [5.74, 6) is -4.16. The predicted molar refractivity (Wildman–Crippen MR) is 113 cm³/mol. The van der Waals surface area contributed by atoms with Crippen molar-refractivity contribution in [3.05, 3.63) is 58.5 Å². The van der Waals surface area contributed by atoms with E-state index in [-0.39, 0.29) is 27.9 Å². The molecule has 1 aromatic carbocycles. The Morgan fingerprint density at radius 2 is 2.00 bits per heavy atom. The van der Waals surface area contributed by atoms with E-state index in [2.05, 4.69) is 4.99 Å². The van der Waals surface area contributed by atoms with Gasteiger partial charge in [0.2, 0.25) is 0 Å². The highest BCUT2D eigenvalue weighted by molar-refractivity contribution is 5.83. The fourth-order valence-electron chi connectivity index (χ4n) is 4.33. The molecule has 2 aromatic rings. The van der Waals surface area contributed by atoms with Gasteiger partial charge in [-0.2, -0.15) is 17.9 Å². The summed E-state index contributed by atoms with van der Waals surface area (Å²) in [7, 11) is 1.25. The number of nitrogens with zero attached hydrogens (tertiary/aromatic N) is 2. The third-order valence-electron chi connectivity index (χ3n) is 6.55. The minimum absolute atomic E-state index is 0.00376. The Labute approximate surface area is 198 Å². The third-order valence-corrected chi connectivity index (χ3v) is 6.55. The lowest BCUT2D eigenvalue weighted by Gasteiger charge is -2.32. The lowest BCUT2D eigenvalue weighted by atomic mass is 9.76. The van der Waals surface area contributed by atoms with E-state index in [1.54, 1.807) is 0 Å². The molecule has 1 aliphatic rings. The molecule has 2 heterocycles. The van der Waals surface area contributed by atoms with E-state index in [0.717, 1.165) is 25.3 Å². The van der Waals surface area contributed by atoms with Crippen LogP contribution in [0.15, 0.2) is 35.5 Å². The molecule has 1 fully saturated rings. The van der Waals surface area contributed by atoms with Crippen molar-refractivity contribution in [1.29, 1.82) is 0 Å². The monoisotopic (exact) mass is 502 g/mol. The molecule has 0 unspecified atom stereocenters. The zero-order chi connectivity index (χ0) is 26.3. The fraction of sp³-hybridized carbons (Fsp3) is 0.478. The molecule has 1 amide bonds. The number of ether oxygens (including phenoxy) is 2. The maximum absolute atomic E-state index is 14.1. The molecule has 0 bridgehead atoms. The summed E-state index contributed by atoms with van der Waals surface area (Å²) in [6.45, 7) is 2.80. The number of pyridine rings is 1. The molecule has 12 heteroatoms. The number of carbonyl (C=O) groups is 1. The first-order chi connectivity index (χ1) is 16.3. The quantitative estimate of drug-likeness (QED) is 0.428. The van der Waals surface area contributed by atoms with Gasteiger partial charge in [-0.3, -0.25) is 4.79 Å². The highest BCUT2D eigenvalue weighted by Gasteiger charge is 2.65. The van der Waals surface area contributed by atoms with Crippen LogP contribution in [0, 0.1) is 18.7 Å². The van der Waals surface area contributed by atoms with Crippen molar-refractivity contribution in [1.82, 2.24) is 4.73 Å². The van der Waals surface area contributed by atoms with Gasteiger partial charge in [-0.25, -0.2) is 9.38 Å². The van der Waals surface area contributed by atoms with Gasteiger partial charge in [0.05, 0.1) is 24.8 Å². The summed E-state index contributed by atoms with van der Waals surface area (Å²) in [4.78, 5) is 17.0. The fourth-order valence-corrected chi connectivity index (χ4v) is 4.33. The first-order valence-electron chi connectivity index (χ1n) is 10.6. The molecule has 0 saturated carbocycles. The van der Waals surface area contributed by atoms with Gasteiger partial charge in [-0.1, -0.05) is 13.0 Å². The molecule has 0 spiro atoms. The summed E-state index contributed by atoms with van der Waals surface area (Å²) in [6.07, 6.45) is -7.00. The molecule has 192 valence electrons. The summed E-state index contributed by atoms with van der Waals surface area (Å²) < 4.78 is 67.5. The van der Waals surface area contributed by atoms with Gasteiger partial charge in [0.25, 0.3) is 5.91 Å². The van der Waals surface area contributed by atoms with Crippen LogP contribution in [0.5, 0.6) is 5.75 Å². The van der Waals surface area contributed by atoms with Gasteiger partial charge in [-0.05, 0) is 32.0 Å². The summed E-state index contributed by atoms with van der Waals surface area (Å²) >= 11 is 0. The van der Waals surface area contributed by atoms with E-state index < -0.39 is 54.2 Å². The van der Waals surface area contributed by atoms with Crippen molar-refractivity contribution in [2.24, 2.45) is 10.9 Å². The number of aliphatic hydroxyl groups is 2. The molecular formula is C23H26F4N2O6. The molecule has 0 radical (unpaired) electrons. The second kappa shape index (κ2) is 9.59. The lowest BCUT2D eigenvalue weighted by Crippen LogP contribution is -2.47. The van der Waals surface area contributed by atoms with E-state index in [1.165, 1.54) is 33.1 Å². The number of benzene rings is 1. The maximum atomic E-state index is 14.1. The zero-order valence-corrected chi connectivity index (χ0v) is 19.4. The molecule has 0 aliphatic carbocycles. The molecule has 35 heavy (non-hydrogen) atoms. The average molecular weight is 502 g/mol. The summed E-state index contributed by atoms with van der Waals surface area (Å²) in [6, 6.07) is 4.63. The van der Waals surface area contributed by atoms with Crippen molar-refractivity contribution in [2.75, 3.05) is 13.7 Å². The van der Waals surface area contributed by atoms with Crippen LogP contribution < -0.4 is 10.1 Å². The zero-order valence-electron chi connectivity index (χ0n) is 19.4. The van der Waals surface area contributed by atoms with Crippen molar-refractivity contribution in [3.8, 4) is 5.75 Å². The van der Waals surface area contributed by atoms with Crippen molar-refractivity contribution < 1.29 is 47.3 Å². The van der Waals surface area contributed by atoms with E-state index in [1.807, 2.05) is 0 Å². The van der Waals surface area contributed by atoms with Crippen LogP contribution in [0.1, 0.15) is 42.7 Å². The number of carbonyl (C=O) groups excluding carboxylic acids is 1. The van der Waals surface area contributed by atoms with E-state index in [0.29, 0.717) is 4.73 Å². The number of rotatable bonds is 5. The highest BCUT2D eigenvalue weighted by atomic mass is 19.4. The molecule has 3 rings (SSSR count). The number of aliphatic hydroxyl groups excluding tert-OH is 2. The first kappa shape index (κ1) is 26.6. The van der Waals surface area contributed by atoms with Crippen molar-refractivity contribution >= 4 is 5.91 Å². The van der Waals surface area contributed by atoms with E-state index >= 15 is 0 Å². The Balaban J connectivity index is 2.16. The Bertz CT molecular complexity index is 1180. The standard InChI is InChI=1S/C23H26F4N2O6/c1-11-15(24)6-5-14(19(11)34-4)18-12(2)22(3,23(25,26)27)35-20(18)21(32)28-13-7-8-29(33)16(9-13)17(31)10-30/h5-9,12,17-18,20,30-31,33H,10H2,1-4H3/t12-,17+,18-,20+,22+/m0/s1. The topological polar surface area (TPSA) is 114 Å². The summed E-state index contributed by atoms with van der Waals surface area (Å²) in [5, 5.41) is 28.7. The molecule has 8 nitrogen and oxygen atoms in total. The number of aromatic nitrogens is 1. The SMILES string of the molecule is COc1c([C@H]2[C@H](C(=O)N=c3ccn(O)c([C@H](O)CO)c3)O[C@@](C)(C(F)(F)F)[C@H]2C)ccc(F)c1C. The largest absolute Gasteiger partial charge is 0.496 e. The van der Waals surface area contributed by atoms with Crippen LogP contribution in [0.4, 0.5) is 17.6 Å². The van der Waals surface area contributed by atoms with Crippen molar-refractivity contribution in [2.45, 2.75) is 50.7 Å². The average Bonchev–Trinajstić information content (AvgIpc) is 3.08. The minimum atomic E-state index is -4.84. The van der Waals surface area contributed by atoms with Gasteiger partial charge >= 0.3 is 6.18 Å². The maximum Gasteiger partial charge on any atom is 0.417 e. The first-order valence-corrected chi connectivity index (χ1v) is 10.6. The van der Waals surface area contributed by atoms with Crippen molar-refractivity contribution in [3.63, 3.8) is 0 Å². The normalized spacial score (nSPS) is 26.1. The predicted octanol–water partition coefficient (Wildman–Crippen LogP) is 2.77. The van der Waals surface area contributed by atoms with Crippen LogP contribution in [-0.4, -0.2) is 57.7 Å². The number of halogens is 4. The number of alkyl halides is 3. The number of methoxy groups -OCH3 is 1. The number of amides is 1. The molecule has 1 aromatic heterocycles. The van der Waals surface area contributed by atoms with Crippen LogP contribution in [0.3, 0.4) is 0 Å². The van der Waals surface area contributed by atoms with E-state index in [4.69, 9.17) is 14.6 Å². The Morgan fingerprint density at radius 3 is 2.57 bits per heavy atom. The molecular weight excluding hydrogens is 476 g/mol. The Morgan fingerprint density at radius 1 is 1.34 bits per heavy atom. The van der Waals surface area contributed by atoms with Gasteiger partial charge < -0.3 is 24.9 Å². The highest BCUT2D eigenvalue weighted by Crippen LogP contribution is 2.55. The second-order valence-corrected chi connectivity index (χ2v) is 8.56. The van der Waals surface area contributed by atoms with Gasteiger partial charge in [0, 0.05) is 29.2 Å². The smallest absolute Gasteiger partial charge is 0.417 e. The number of hydrogen-bond acceptors (Lipinski definition) is 6.